The van der Waals surface area contributed by atoms with Gasteiger partial charge in [-0.15, -0.1) is 0 Å². The van der Waals surface area contributed by atoms with Crippen LogP contribution in [0, 0.1) is 20.8 Å². The summed E-state index contributed by atoms with van der Waals surface area (Å²) < 4.78 is 0. The summed E-state index contributed by atoms with van der Waals surface area (Å²) in [5.74, 6) is 0. The van der Waals surface area contributed by atoms with Crippen molar-refractivity contribution in [2.45, 2.75) is 20.8 Å². The van der Waals surface area contributed by atoms with Crippen molar-refractivity contribution in [3.8, 4) is 0 Å². The van der Waals surface area contributed by atoms with Gasteiger partial charge >= 0.3 is 0 Å². The Kier molecular flexibility index (Phi) is 2.94. The lowest BCUT2D eigenvalue weighted by atomic mass is 10.0. The molecule has 0 saturated heterocycles. The van der Waals surface area contributed by atoms with Gasteiger partial charge in [0.2, 0.25) is 0 Å². The van der Waals surface area contributed by atoms with Crippen LogP contribution in [-0.2, 0) is 0 Å². The normalized spacial score (nSPS) is 11.8. The Bertz CT molecular complexity index is 335. The van der Waals surface area contributed by atoms with Gasteiger partial charge in [-0.25, -0.2) is 0 Å². The Labute approximate surface area is 82.8 Å². The second-order valence-corrected chi connectivity index (χ2v) is 3.52. The molecule has 0 spiro atoms. The molecule has 0 unspecified atom stereocenters. The maximum atomic E-state index is 8.56. The minimum absolute atomic E-state index is 0.148. The second-order valence-electron chi connectivity index (χ2n) is 3.16. The predicted octanol–water partition coefficient (Wildman–Crippen LogP) is 2.99. The lowest BCUT2D eigenvalue weighted by Crippen LogP contribution is -1.99. The zero-order valence-corrected chi connectivity index (χ0v) is 8.68. The Morgan fingerprint density at radius 2 is 1.69 bits per heavy atom. The quantitative estimate of drug-likeness (QED) is 0.419. The molecule has 2 nitrogen and oxygen atoms in total. The molecule has 0 aliphatic rings. The monoisotopic (exact) mass is 197 g/mol. The predicted molar refractivity (Wildman–Crippen MR) is 54.8 cm³/mol. The zero-order valence-electron chi connectivity index (χ0n) is 7.93. The maximum Gasteiger partial charge on any atom is 0.175 e. The molecular weight excluding hydrogens is 186 g/mol. The number of nitrogens with zero attached hydrogens (tertiary/aromatic N) is 1. The molecule has 3 heteroatoms. The maximum absolute atomic E-state index is 8.56. The lowest BCUT2D eigenvalue weighted by Gasteiger charge is -2.07. The fourth-order valence-electron chi connectivity index (χ4n) is 1.56. The van der Waals surface area contributed by atoms with E-state index in [1.807, 2.05) is 32.9 Å². The lowest BCUT2D eigenvalue weighted by molar-refractivity contribution is 0.321. The van der Waals surface area contributed by atoms with Gasteiger partial charge in [0.15, 0.2) is 5.17 Å². The van der Waals surface area contributed by atoms with Gasteiger partial charge in [-0.3, -0.25) is 0 Å². The van der Waals surface area contributed by atoms with Crippen LogP contribution in [0.2, 0.25) is 0 Å². The van der Waals surface area contributed by atoms with Crippen molar-refractivity contribution in [3.63, 3.8) is 0 Å². The second kappa shape index (κ2) is 3.79. The van der Waals surface area contributed by atoms with Crippen molar-refractivity contribution >= 4 is 16.8 Å². The van der Waals surface area contributed by atoms with E-state index in [9.17, 15) is 0 Å². The number of hydrogen-bond acceptors (Lipinski definition) is 2. The molecule has 0 amide bonds. The third-order valence-corrected chi connectivity index (χ3v) is 2.24. The molecule has 0 aliphatic heterocycles. The average molecular weight is 198 g/mol. The van der Waals surface area contributed by atoms with Crippen LogP contribution in [0.15, 0.2) is 17.3 Å². The van der Waals surface area contributed by atoms with Crippen LogP contribution < -0.4 is 0 Å². The summed E-state index contributed by atoms with van der Waals surface area (Å²) in [6.07, 6.45) is 0. The van der Waals surface area contributed by atoms with Gasteiger partial charge in [0.25, 0.3) is 0 Å². The minimum atomic E-state index is 0.148. The summed E-state index contributed by atoms with van der Waals surface area (Å²) >= 11 is 5.75. The van der Waals surface area contributed by atoms with E-state index in [0.29, 0.717) is 0 Å². The summed E-state index contributed by atoms with van der Waals surface area (Å²) in [7, 11) is 0. The van der Waals surface area contributed by atoms with Gasteiger partial charge in [-0.2, -0.15) is 0 Å². The topological polar surface area (TPSA) is 32.6 Å². The van der Waals surface area contributed by atoms with Gasteiger partial charge in [0.1, 0.15) is 0 Å². The SMILES string of the molecule is Cc1cc(C)c(/C(Cl)=N/O)c(C)c1. The molecule has 1 aromatic carbocycles. The van der Waals surface area contributed by atoms with Crippen molar-refractivity contribution in [1.29, 1.82) is 0 Å². The fraction of sp³-hybridized carbons (Fsp3) is 0.300. The molecule has 1 rings (SSSR count). The van der Waals surface area contributed by atoms with Crippen LogP contribution in [0.4, 0.5) is 0 Å². The van der Waals surface area contributed by atoms with Crippen LogP contribution in [0.5, 0.6) is 0 Å². The fourth-order valence-corrected chi connectivity index (χ4v) is 1.85. The van der Waals surface area contributed by atoms with E-state index in [4.69, 9.17) is 16.8 Å². The minimum Gasteiger partial charge on any atom is -0.410 e. The molecule has 0 atom stereocenters. The van der Waals surface area contributed by atoms with Crippen LogP contribution in [0.1, 0.15) is 22.3 Å². The molecule has 1 aromatic rings. The zero-order chi connectivity index (χ0) is 10.0. The van der Waals surface area contributed by atoms with E-state index in [1.54, 1.807) is 0 Å². The van der Waals surface area contributed by atoms with Crippen LogP contribution >= 0.6 is 11.6 Å². The number of benzene rings is 1. The molecule has 0 aliphatic carbocycles. The van der Waals surface area contributed by atoms with Crippen LogP contribution in [0.25, 0.3) is 0 Å². The van der Waals surface area contributed by atoms with Gasteiger partial charge in [0, 0.05) is 5.56 Å². The molecule has 0 aromatic heterocycles. The first-order valence-corrected chi connectivity index (χ1v) is 4.40. The number of oxime groups is 1. The molecular formula is C10H12ClNO. The van der Waals surface area contributed by atoms with E-state index >= 15 is 0 Å². The van der Waals surface area contributed by atoms with Gasteiger partial charge in [-0.1, -0.05) is 34.5 Å². The average Bonchev–Trinajstić information content (AvgIpc) is 2.02. The van der Waals surface area contributed by atoms with E-state index in [1.165, 1.54) is 5.56 Å². The first-order chi connectivity index (χ1) is 6.06. The molecule has 0 bridgehead atoms. The number of hydrogen-bond donors (Lipinski definition) is 1. The summed E-state index contributed by atoms with van der Waals surface area (Å²) in [6, 6.07) is 4.02. The van der Waals surface area contributed by atoms with Crippen molar-refractivity contribution in [3.05, 3.63) is 34.4 Å². The van der Waals surface area contributed by atoms with E-state index in [-0.39, 0.29) is 5.17 Å². The van der Waals surface area contributed by atoms with Crippen molar-refractivity contribution < 1.29 is 5.21 Å². The standard InChI is InChI=1S/C10H12ClNO/c1-6-4-7(2)9(8(3)5-6)10(11)12-13/h4-5,13H,1-3H3/b12-10-. The van der Waals surface area contributed by atoms with Gasteiger partial charge in [-0.05, 0) is 31.9 Å². The third-order valence-electron chi connectivity index (χ3n) is 1.97. The summed E-state index contributed by atoms with van der Waals surface area (Å²) in [6.45, 7) is 5.92. The highest BCUT2D eigenvalue weighted by Gasteiger charge is 2.08. The molecule has 70 valence electrons. The van der Waals surface area contributed by atoms with Gasteiger partial charge in [0.05, 0.1) is 0 Å². The van der Waals surface area contributed by atoms with E-state index < -0.39 is 0 Å². The molecule has 0 radical (unpaired) electrons. The molecule has 13 heavy (non-hydrogen) atoms. The number of halogens is 1. The first-order valence-electron chi connectivity index (χ1n) is 4.02. The Balaban J connectivity index is 3.37. The summed E-state index contributed by atoms with van der Waals surface area (Å²) in [4.78, 5) is 0. The van der Waals surface area contributed by atoms with Crippen molar-refractivity contribution in [2.75, 3.05) is 0 Å². The third kappa shape index (κ3) is 2.01. The van der Waals surface area contributed by atoms with Crippen LogP contribution in [0.3, 0.4) is 0 Å². The molecule has 0 saturated carbocycles. The Morgan fingerprint density at radius 1 is 1.23 bits per heavy atom. The first kappa shape index (κ1) is 10.1. The molecule has 0 fully saturated rings. The highest BCUT2D eigenvalue weighted by molar-refractivity contribution is 6.69. The molecule has 1 N–H and O–H groups in total. The van der Waals surface area contributed by atoms with Crippen molar-refractivity contribution in [1.82, 2.24) is 0 Å². The summed E-state index contributed by atoms with van der Waals surface area (Å²) in [5.41, 5.74) is 4.05. The molecule has 0 heterocycles. The van der Waals surface area contributed by atoms with E-state index in [0.717, 1.165) is 16.7 Å². The smallest absolute Gasteiger partial charge is 0.175 e. The van der Waals surface area contributed by atoms with Crippen molar-refractivity contribution in [2.24, 2.45) is 5.16 Å². The van der Waals surface area contributed by atoms with E-state index in [2.05, 4.69) is 5.16 Å². The highest BCUT2D eigenvalue weighted by atomic mass is 35.5. The Hall–Kier alpha value is -1.02. The number of aryl methyl sites for hydroxylation is 3. The summed E-state index contributed by atoms with van der Waals surface area (Å²) in [5, 5.41) is 11.7. The van der Waals surface area contributed by atoms with Gasteiger partial charge < -0.3 is 5.21 Å². The van der Waals surface area contributed by atoms with Crippen LogP contribution in [-0.4, -0.2) is 10.4 Å². The Morgan fingerprint density at radius 3 is 2.08 bits per heavy atom. The largest absolute Gasteiger partial charge is 0.410 e. The number of rotatable bonds is 1. The highest BCUT2D eigenvalue weighted by Crippen LogP contribution is 2.18.